The molecule has 0 fully saturated rings. The summed E-state index contributed by atoms with van der Waals surface area (Å²) in [5, 5.41) is 2.97. The van der Waals surface area contributed by atoms with Gasteiger partial charge in [-0.1, -0.05) is 85.8 Å². The summed E-state index contributed by atoms with van der Waals surface area (Å²) in [6.45, 7) is 2.96. The Morgan fingerprint density at radius 3 is 1.95 bits per heavy atom. The second kappa shape index (κ2) is 14.3. The van der Waals surface area contributed by atoms with Gasteiger partial charge < -0.3 is 10.2 Å². The van der Waals surface area contributed by atoms with Crippen molar-refractivity contribution in [2.24, 2.45) is 0 Å². The van der Waals surface area contributed by atoms with Crippen molar-refractivity contribution >= 4 is 27.5 Å². The third kappa shape index (κ3) is 8.73. The molecule has 0 aliphatic carbocycles. The number of hydrogen-bond donors (Lipinski definition) is 1. The Labute approximate surface area is 226 Å². The van der Waals surface area contributed by atoms with Gasteiger partial charge in [-0.15, -0.1) is 0 Å². The molecule has 38 heavy (non-hydrogen) atoms. The van der Waals surface area contributed by atoms with E-state index in [4.69, 9.17) is 0 Å². The monoisotopic (exact) mass is 535 g/mol. The number of sulfonamides is 1. The second-order valence-electron chi connectivity index (χ2n) is 9.28. The van der Waals surface area contributed by atoms with E-state index in [1.165, 1.54) is 4.31 Å². The minimum Gasteiger partial charge on any atom is -0.354 e. The zero-order chi connectivity index (χ0) is 27.4. The van der Waals surface area contributed by atoms with Crippen LogP contribution in [0.4, 0.5) is 5.69 Å². The highest BCUT2D eigenvalue weighted by atomic mass is 32.2. The lowest BCUT2D eigenvalue weighted by Crippen LogP contribution is -2.50. The molecule has 3 rings (SSSR count). The summed E-state index contributed by atoms with van der Waals surface area (Å²) >= 11 is 0. The molecule has 0 saturated heterocycles. The molecule has 202 valence electrons. The van der Waals surface area contributed by atoms with Gasteiger partial charge in [-0.2, -0.15) is 0 Å². The second-order valence-corrected chi connectivity index (χ2v) is 11.2. The molecule has 7 nitrogen and oxygen atoms in total. The zero-order valence-electron chi connectivity index (χ0n) is 22.1. The number of benzene rings is 3. The van der Waals surface area contributed by atoms with Crippen LogP contribution in [0.3, 0.4) is 0 Å². The van der Waals surface area contributed by atoms with Crippen molar-refractivity contribution in [1.82, 2.24) is 10.2 Å². The van der Waals surface area contributed by atoms with E-state index in [2.05, 4.69) is 5.32 Å². The molecule has 2 amide bonds. The SMILES string of the molecule is CCCNC(=O)[C@@H](Cc1ccccc1)N(Cc1ccccc1)C(=O)CCCN(c1ccccc1)S(C)(=O)=O. The number of para-hydroxylation sites is 1. The van der Waals surface area contributed by atoms with Crippen LogP contribution in [0.5, 0.6) is 0 Å². The normalized spacial score (nSPS) is 11.9. The van der Waals surface area contributed by atoms with Crippen LogP contribution in [-0.4, -0.2) is 50.5 Å². The van der Waals surface area contributed by atoms with Crippen LogP contribution in [0, 0.1) is 0 Å². The molecular weight excluding hydrogens is 498 g/mol. The van der Waals surface area contributed by atoms with Gasteiger partial charge in [0.1, 0.15) is 6.04 Å². The Kier molecular flexibility index (Phi) is 10.9. The Morgan fingerprint density at radius 2 is 1.39 bits per heavy atom. The van der Waals surface area contributed by atoms with E-state index in [1.54, 1.807) is 29.2 Å². The number of hydrogen-bond acceptors (Lipinski definition) is 4. The summed E-state index contributed by atoms with van der Waals surface area (Å²) in [6.07, 6.45) is 2.77. The van der Waals surface area contributed by atoms with Crippen molar-refractivity contribution in [1.29, 1.82) is 0 Å². The lowest BCUT2D eigenvalue weighted by atomic mass is 10.0. The molecular formula is C30H37N3O4S. The van der Waals surface area contributed by atoms with Gasteiger partial charge in [0, 0.05) is 32.5 Å². The number of carbonyl (C=O) groups excluding carboxylic acids is 2. The lowest BCUT2D eigenvalue weighted by Gasteiger charge is -2.32. The van der Waals surface area contributed by atoms with E-state index >= 15 is 0 Å². The van der Waals surface area contributed by atoms with E-state index in [0.29, 0.717) is 25.1 Å². The molecule has 1 N–H and O–H groups in total. The number of nitrogens with zero attached hydrogens (tertiary/aromatic N) is 2. The Bertz CT molecular complexity index is 1250. The quantitative estimate of drug-likeness (QED) is 0.332. The summed E-state index contributed by atoms with van der Waals surface area (Å²) in [7, 11) is -3.52. The zero-order valence-corrected chi connectivity index (χ0v) is 22.9. The number of anilines is 1. The van der Waals surface area contributed by atoms with Gasteiger partial charge in [0.2, 0.25) is 21.8 Å². The summed E-state index contributed by atoms with van der Waals surface area (Å²) < 4.78 is 26.2. The molecule has 3 aromatic carbocycles. The van der Waals surface area contributed by atoms with E-state index in [-0.39, 0.29) is 31.3 Å². The maximum absolute atomic E-state index is 13.7. The van der Waals surface area contributed by atoms with Crippen molar-refractivity contribution in [2.45, 2.75) is 45.2 Å². The first-order chi connectivity index (χ1) is 18.3. The number of amides is 2. The van der Waals surface area contributed by atoms with Gasteiger partial charge in [0.15, 0.2) is 0 Å². The van der Waals surface area contributed by atoms with Gasteiger partial charge in [-0.3, -0.25) is 13.9 Å². The maximum Gasteiger partial charge on any atom is 0.243 e. The van der Waals surface area contributed by atoms with Gasteiger partial charge >= 0.3 is 0 Å². The fourth-order valence-electron chi connectivity index (χ4n) is 4.30. The van der Waals surface area contributed by atoms with Crippen LogP contribution in [-0.2, 0) is 32.6 Å². The van der Waals surface area contributed by atoms with E-state index in [0.717, 1.165) is 23.8 Å². The minimum atomic E-state index is -3.52. The highest BCUT2D eigenvalue weighted by molar-refractivity contribution is 7.92. The molecule has 0 bridgehead atoms. The number of rotatable bonds is 14. The number of carbonyl (C=O) groups is 2. The Hall–Kier alpha value is -3.65. The average molecular weight is 536 g/mol. The smallest absolute Gasteiger partial charge is 0.243 e. The third-order valence-electron chi connectivity index (χ3n) is 6.21. The Morgan fingerprint density at radius 1 is 0.842 bits per heavy atom. The van der Waals surface area contributed by atoms with Crippen LogP contribution in [0.2, 0.25) is 0 Å². The van der Waals surface area contributed by atoms with Crippen molar-refractivity contribution in [3.05, 3.63) is 102 Å². The lowest BCUT2D eigenvalue weighted by molar-refractivity contribution is -0.141. The molecule has 0 radical (unpaired) electrons. The van der Waals surface area contributed by atoms with Gasteiger partial charge in [0.25, 0.3) is 0 Å². The summed E-state index contributed by atoms with van der Waals surface area (Å²) in [5.41, 5.74) is 2.44. The molecule has 0 unspecified atom stereocenters. The van der Waals surface area contributed by atoms with Crippen LogP contribution >= 0.6 is 0 Å². The Balaban J connectivity index is 1.83. The van der Waals surface area contributed by atoms with Crippen molar-refractivity contribution in [3.8, 4) is 0 Å². The van der Waals surface area contributed by atoms with Crippen LogP contribution in [0.25, 0.3) is 0 Å². The largest absolute Gasteiger partial charge is 0.354 e. The molecule has 8 heteroatoms. The van der Waals surface area contributed by atoms with Crippen molar-refractivity contribution < 1.29 is 18.0 Å². The van der Waals surface area contributed by atoms with Crippen molar-refractivity contribution in [3.63, 3.8) is 0 Å². The first-order valence-corrected chi connectivity index (χ1v) is 14.8. The number of nitrogens with one attached hydrogen (secondary N) is 1. The molecule has 0 aromatic heterocycles. The molecule has 3 aromatic rings. The fraction of sp³-hybridized carbons (Fsp3) is 0.333. The first kappa shape index (κ1) is 28.9. The third-order valence-corrected chi connectivity index (χ3v) is 7.41. The predicted molar refractivity (Wildman–Crippen MR) is 152 cm³/mol. The van der Waals surface area contributed by atoms with Crippen molar-refractivity contribution in [2.75, 3.05) is 23.7 Å². The van der Waals surface area contributed by atoms with E-state index in [1.807, 2.05) is 73.7 Å². The standard InChI is InChI=1S/C30H37N3O4S/c1-3-21-31-30(35)28(23-25-14-7-4-8-15-25)32(24-26-16-9-5-10-17-26)29(34)20-13-22-33(38(2,36)37)27-18-11-6-12-19-27/h4-12,14-19,28H,3,13,20-24H2,1-2H3,(H,31,35)/t28-/m1/s1. The van der Waals surface area contributed by atoms with E-state index < -0.39 is 16.1 Å². The molecule has 0 spiro atoms. The average Bonchev–Trinajstić information content (AvgIpc) is 2.92. The molecule has 1 atom stereocenters. The van der Waals surface area contributed by atoms with Crippen LogP contribution in [0.1, 0.15) is 37.3 Å². The molecule has 0 saturated carbocycles. The van der Waals surface area contributed by atoms with Gasteiger partial charge in [-0.05, 0) is 36.1 Å². The molecule has 0 aliphatic rings. The van der Waals surface area contributed by atoms with Gasteiger partial charge in [-0.25, -0.2) is 8.42 Å². The summed E-state index contributed by atoms with van der Waals surface area (Å²) in [4.78, 5) is 28.7. The molecule has 0 aliphatic heterocycles. The highest BCUT2D eigenvalue weighted by Gasteiger charge is 2.30. The molecule has 0 heterocycles. The van der Waals surface area contributed by atoms with Crippen LogP contribution < -0.4 is 9.62 Å². The topological polar surface area (TPSA) is 86.8 Å². The fourth-order valence-corrected chi connectivity index (χ4v) is 5.26. The van der Waals surface area contributed by atoms with Gasteiger partial charge in [0.05, 0.1) is 11.9 Å². The minimum absolute atomic E-state index is 0.109. The van der Waals surface area contributed by atoms with E-state index in [9.17, 15) is 18.0 Å². The summed E-state index contributed by atoms with van der Waals surface area (Å²) in [6, 6.07) is 27.4. The first-order valence-electron chi connectivity index (χ1n) is 13.0. The highest BCUT2D eigenvalue weighted by Crippen LogP contribution is 2.20. The maximum atomic E-state index is 13.7. The van der Waals surface area contributed by atoms with Crippen LogP contribution in [0.15, 0.2) is 91.0 Å². The summed E-state index contributed by atoms with van der Waals surface area (Å²) in [5.74, 6) is -0.384. The predicted octanol–water partition coefficient (Wildman–Crippen LogP) is 4.40.